The maximum Gasteiger partial charge on any atom is 0.319 e. The van der Waals surface area contributed by atoms with E-state index in [2.05, 4.69) is 21.3 Å². The van der Waals surface area contributed by atoms with Crippen molar-refractivity contribution in [2.45, 2.75) is 58.0 Å². The van der Waals surface area contributed by atoms with Crippen molar-refractivity contribution < 1.29 is 9.59 Å². The van der Waals surface area contributed by atoms with Crippen molar-refractivity contribution in [3.63, 3.8) is 0 Å². The van der Waals surface area contributed by atoms with E-state index in [-0.39, 0.29) is 18.0 Å². The van der Waals surface area contributed by atoms with E-state index in [1.807, 2.05) is 55.1 Å². The highest BCUT2D eigenvalue weighted by atomic mass is 16.2. The topological polar surface area (TPSA) is 92.4 Å². The number of amides is 3. The Labute approximate surface area is 200 Å². The van der Waals surface area contributed by atoms with Crippen LogP contribution in [0.25, 0.3) is 22.2 Å². The van der Waals surface area contributed by atoms with Crippen molar-refractivity contribution in [3.05, 3.63) is 48.0 Å². The highest BCUT2D eigenvalue weighted by Gasteiger charge is 2.28. The number of hydrogen-bond donors (Lipinski definition) is 3. The number of rotatable bonds is 5. The molecule has 0 radical (unpaired) electrons. The molecule has 178 valence electrons. The van der Waals surface area contributed by atoms with E-state index in [1.165, 1.54) is 6.42 Å². The number of fused-ring (bicyclic) bond motifs is 1. The van der Waals surface area contributed by atoms with Gasteiger partial charge < -0.3 is 25.8 Å². The summed E-state index contributed by atoms with van der Waals surface area (Å²) in [6.07, 6.45) is 5.60. The summed E-state index contributed by atoms with van der Waals surface area (Å²) in [6.45, 7) is 5.51. The summed E-state index contributed by atoms with van der Waals surface area (Å²) in [5, 5.41) is 6.64. The van der Waals surface area contributed by atoms with Gasteiger partial charge in [-0.3, -0.25) is 4.79 Å². The van der Waals surface area contributed by atoms with Crippen molar-refractivity contribution in [2.24, 2.45) is 0 Å². The third-order valence-corrected chi connectivity index (χ3v) is 6.96. The summed E-state index contributed by atoms with van der Waals surface area (Å²) in [5.41, 5.74) is 12.0. The molecule has 3 aromatic rings. The molecule has 0 spiro atoms. The molecule has 2 aliphatic rings. The van der Waals surface area contributed by atoms with Crippen LogP contribution in [0.2, 0.25) is 0 Å². The van der Waals surface area contributed by atoms with E-state index >= 15 is 0 Å². The predicted octanol–water partition coefficient (Wildman–Crippen LogP) is 5.38. The van der Waals surface area contributed by atoms with Crippen LogP contribution in [0.1, 0.15) is 62.4 Å². The number of nitrogen functional groups attached to an aromatic ring is 1. The van der Waals surface area contributed by atoms with Crippen LogP contribution >= 0.6 is 0 Å². The number of benzene rings is 2. The molecule has 1 saturated carbocycles. The molecule has 0 bridgehead atoms. The maximum atomic E-state index is 13.0. The van der Waals surface area contributed by atoms with E-state index in [4.69, 9.17) is 5.73 Å². The van der Waals surface area contributed by atoms with E-state index in [0.717, 1.165) is 66.6 Å². The van der Waals surface area contributed by atoms with Gasteiger partial charge in [0.05, 0.1) is 16.9 Å². The molecule has 0 unspecified atom stereocenters. The lowest BCUT2D eigenvalue weighted by molar-refractivity contribution is 0.0793. The number of aromatic nitrogens is 1. The number of nitrogens with zero attached hydrogens (tertiary/aromatic N) is 2. The molecule has 1 aliphatic carbocycles. The Bertz CT molecular complexity index is 1220. The summed E-state index contributed by atoms with van der Waals surface area (Å²) in [7, 11) is 0. The molecule has 2 fully saturated rings. The summed E-state index contributed by atoms with van der Waals surface area (Å²) >= 11 is 0. The lowest BCUT2D eigenvalue weighted by Crippen LogP contribution is -2.34. The number of hydrogen-bond acceptors (Lipinski definition) is 3. The zero-order valence-electron chi connectivity index (χ0n) is 19.9. The van der Waals surface area contributed by atoms with Gasteiger partial charge in [0, 0.05) is 47.4 Å². The summed E-state index contributed by atoms with van der Waals surface area (Å²) in [6, 6.07) is 14.0. The SMILES string of the molecule is CC(C)NC(=O)Nc1ccc(-c2c(N)c3cc(C(=O)N4CCCC4)ccc3n2C2CCC2)cc1. The van der Waals surface area contributed by atoms with Crippen LogP contribution in [-0.4, -0.2) is 40.5 Å². The molecule has 0 atom stereocenters. The minimum atomic E-state index is -0.221. The minimum Gasteiger partial charge on any atom is -0.396 e. The second-order valence-electron chi connectivity index (χ2n) is 9.78. The largest absolute Gasteiger partial charge is 0.396 e. The molecule has 2 heterocycles. The van der Waals surface area contributed by atoms with Crippen molar-refractivity contribution in [3.8, 4) is 11.3 Å². The predicted molar refractivity (Wildman–Crippen MR) is 137 cm³/mol. The monoisotopic (exact) mass is 459 g/mol. The Morgan fingerprint density at radius 1 is 1.00 bits per heavy atom. The van der Waals surface area contributed by atoms with Gasteiger partial charge >= 0.3 is 6.03 Å². The fourth-order valence-electron chi connectivity index (χ4n) is 5.04. The molecule has 5 rings (SSSR count). The van der Waals surface area contributed by atoms with Gasteiger partial charge in [0.15, 0.2) is 0 Å². The van der Waals surface area contributed by atoms with Gasteiger partial charge in [-0.1, -0.05) is 12.1 Å². The van der Waals surface area contributed by atoms with Gasteiger partial charge in [-0.2, -0.15) is 0 Å². The fourth-order valence-corrected chi connectivity index (χ4v) is 5.04. The second-order valence-corrected chi connectivity index (χ2v) is 9.78. The fraction of sp³-hybridized carbons (Fsp3) is 0.407. The van der Waals surface area contributed by atoms with Crippen LogP contribution in [0.4, 0.5) is 16.2 Å². The first-order chi connectivity index (χ1) is 16.4. The number of nitrogens with one attached hydrogen (secondary N) is 2. The molecule has 34 heavy (non-hydrogen) atoms. The van der Waals surface area contributed by atoms with Crippen LogP contribution in [0, 0.1) is 0 Å². The van der Waals surface area contributed by atoms with Crippen molar-refractivity contribution in [1.29, 1.82) is 0 Å². The molecule has 4 N–H and O–H groups in total. The van der Waals surface area contributed by atoms with Crippen LogP contribution in [0.5, 0.6) is 0 Å². The van der Waals surface area contributed by atoms with Gasteiger partial charge in [-0.15, -0.1) is 0 Å². The zero-order chi connectivity index (χ0) is 23.8. The minimum absolute atomic E-state index is 0.0690. The standard InChI is InChI=1S/C27H33N5O2/c1-17(2)29-27(34)30-20-11-8-18(9-12-20)25-24(28)22-16-19(26(33)31-14-3-4-15-31)10-13-23(22)32(25)21-6-5-7-21/h8-13,16-17,21H,3-7,14-15,28H2,1-2H3,(H2,29,30,34). The quantitative estimate of drug-likeness (QED) is 0.478. The van der Waals surface area contributed by atoms with Crippen LogP contribution in [0.3, 0.4) is 0 Å². The zero-order valence-corrected chi connectivity index (χ0v) is 19.9. The van der Waals surface area contributed by atoms with Crippen molar-refractivity contribution in [2.75, 3.05) is 24.1 Å². The molecule has 1 saturated heterocycles. The third-order valence-electron chi connectivity index (χ3n) is 6.96. The summed E-state index contributed by atoms with van der Waals surface area (Å²) in [4.78, 5) is 27.0. The van der Waals surface area contributed by atoms with Gasteiger partial charge in [0.1, 0.15) is 0 Å². The normalized spacial score (nSPS) is 16.1. The van der Waals surface area contributed by atoms with E-state index in [0.29, 0.717) is 17.3 Å². The Hall–Kier alpha value is -3.48. The Kier molecular flexibility index (Phi) is 5.94. The molecule has 7 heteroatoms. The molecule has 2 aromatic carbocycles. The molecular weight excluding hydrogens is 426 g/mol. The van der Waals surface area contributed by atoms with Crippen LogP contribution < -0.4 is 16.4 Å². The molecule has 7 nitrogen and oxygen atoms in total. The second kappa shape index (κ2) is 9.05. The van der Waals surface area contributed by atoms with Crippen molar-refractivity contribution >= 4 is 34.2 Å². The van der Waals surface area contributed by atoms with Gasteiger partial charge in [-0.05, 0) is 76.3 Å². The summed E-state index contributed by atoms with van der Waals surface area (Å²) < 4.78 is 2.35. The average Bonchev–Trinajstić information content (AvgIpc) is 3.40. The summed E-state index contributed by atoms with van der Waals surface area (Å²) in [5.74, 6) is 0.0897. The number of anilines is 2. The number of urea groups is 1. The lowest BCUT2D eigenvalue weighted by Gasteiger charge is -2.30. The molecule has 1 aliphatic heterocycles. The Balaban J connectivity index is 1.51. The Morgan fingerprint density at radius 3 is 2.32 bits per heavy atom. The number of nitrogens with two attached hydrogens (primary N) is 1. The smallest absolute Gasteiger partial charge is 0.319 e. The first-order valence-electron chi connectivity index (χ1n) is 12.3. The lowest BCUT2D eigenvalue weighted by atomic mass is 9.92. The highest BCUT2D eigenvalue weighted by Crippen LogP contribution is 2.44. The third kappa shape index (κ3) is 4.11. The maximum absolute atomic E-state index is 13.0. The molecule has 3 amide bonds. The Morgan fingerprint density at radius 2 is 1.71 bits per heavy atom. The first kappa shape index (κ1) is 22.3. The van der Waals surface area contributed by atoms with Gasteiger partial charge in [-0.25, -0.2) is 4.79 Å². The van der Waals surface area contributed by atoms with Gasteiger partial charge in [0.2, 0.25) is 0 Å². The van der Waals surface area contributed by atoms with E-state index in [1.54, 1.807) is 0 Å². The van der Waals surface area contributed by atoms with Crippen LogP contribution in [-0.2, 0) is 0 Å². The van der Waals surface area contributed by atoms with Crippen molar-refractivity contribution in [1.82, 2.24) is 14.8 Å². The molecule has 1 aromatic heterocycles. The van der Waals surface area contributed by atoms with E-state index < -0.39 is 0 Å². The number of carbonyl (C=O) groups is 2. The van der Waals surface area contributed by atoms with E-state index in [9.17, 15) is 9.59 Å². The number of likely N-dealkylation sites (tertiary alicyclic amines) is 1. The number of carbonyl (C=O) groups excluding carboxylic acids is 2. The highest BCUT2D eigenvalue weighted by molar-refractivity contribution is 6.05. The first-order valence-corrected chi connectivity index (χ1v) is 12.3. The average molecular weight is 460 g/mol. The van der Waals surface area contributed by atoms with Gasteiger partial charge in [0.25, 0.3) is 5.91 Å². The molecular formula is C27H33N5O2. The van der Waals surface area contributed by atoms with Crippen LogP contribution in [0.15, 0.2) is 42.5 Å².